The summed E-state index contributed by atoms with van der Waals surface area (Å²) in [5.74, 6) is 0.321. The number of amides is 2. The molecule has 2 saturated heterocycles. The lowest BCUT2D eigenvalue weighted by Gasteiger charge is -2.44. The first kappa shape index (κ1) is 16.0. The quantitative estimate of drug-likeness (QED) is 0.852. The van der Waals surface area contributed by atoms with Crippen molar-refractivity contribution < 1.29 is 14.3 Å². The molecule has 0 aliphatic carbocycles. The molecule has 2 fully saturated rings. The number of hydrogen-bond donors (Lipinski definition) is 0. The number of ether oxygens (including phenoxy) is 1. The van der Waals surface area contributed by atoms with Gasteiger partial charge in [-0.2, -0.15) is 0 Å². The summed E-state index contributed by atoms with van der Waals surface area (Å²) >= 11 is 0. The van der Waals surface area contributed by atoms with Crippen LogP contribution in [0.4, 0.5) is 0 Å². The van der Waals surface area contributed by atoms with Crippen molar-refractivity contribution in [1.29, 1.82) is 0 Å². The van der Waals surface area contributed by atoms with Gasteiger partial charge in [-0.1, -0.05) is 30.3 Å². The van der Waals surface area contributed by atoms with Gasteiger partial charge in [0.2, 0.25) is 11.8 Å². The predicted molar refractivity (Wildman–Crippen MR) is 86.7 cm³/mol. The molecule has 0 radical (unpaired) electrons. The number of rotatable bonds is 4. The van der Waals surface area contributed by atoms with Crippen LogP contribution >= 0.6 is 0 Å². The molecule has 2 amide bonds. The third-order valence-electron chi connectivity index (χ3n) is 4.95. The van der Waals surface area contributed by atoms with Gasteiger partial charge >= 0.3 is 0 Å². The van der Waals surface area contributed by atoms with Crippen LogP contribution in [0.3, 0.4) is 0 Å². The molecule has 0 aromatic heterocycles. The number of nitrogens with zero attached hydrogens (tertiary/aromatic N) is 2. The second-order valence-corrected chi connectivity index (χ2v) is 6.33. The predicted octanol–water partition coefficient (Wildman–Crippen LogP) is 1.84. The van der Waals surface area contributed by atoms with E-state index >= 15 is 0 Å². The zero-order valence-electron chi connectivity index (χ0n) is 13.6. The van der Waals surface area contributed by atoms with Crippen molar-refractivity contribution >= 4 is 11.8 Å². The average molecular weight is 316 g/mol. The fraction of sp³-hybridized carbons (Fsp3) is 0.556. The first-order chi connectivity index (χ1) is 11.2. The Balaban J connectivity index is 1.55. The summed E-state index contributed by atoms with van der Waals surface area (Å²) in [6, 6.07) is 10.5. The zero-order chi connectivity index (χ0) is 16.2. The summed E-state index contributed by atoms with van der Waals surface area (Å²) in [5.41, 5.74) is 1.22. The molecule has 1 aromatic rings. The smallest absolute Gasteiger partial charge is 0.248 e. The number of carbonyl (C=O) groups is 2. The molecule has 1 unspecified atom stereocenters. The lowest BCUT2D eigenvalue weighted by atomic mass is 9.89. The van der Waals surface area contributed by atoms with E-state index < -0.39 is 0 Å². The molecule has 2 heterocycles. The van der Waals surface area contributed by atoms with E-state index in [9.17, 15) is 9.59 Å². The highest BCUT2D eigenvalue weighted by Crippen LogP contribution is 2.35. The molecule has 1 aromatic carbocycles. The van der Waals surface area contributed by atoms with Gasteiger partial charge < -0.3 is 14.5 Å². The third-order valence-corrected chi connectivity index (χ3v) is 4.95. The Kier molecular flexibility index (Phi) is 4.96. The molecule has 5 heteroatoms. The van der Waals surface area contributed by atoms with E-state index in [1.807, 2.05) is 23.1 Å². The van der Waals surface area contributed by atoms with E-state index in [2.05, 4.69) is 12.1 Å². The van der Waals surface area contributed by atoms with Gasteiger partial charge in [-0.25, -0.2) is 0 Å². The molecule has 5 nitrogen and oxygen atoms in total. The van der Waals surface area contributed by atoms with E-state index in [4.69, 9.17) is 4.74 Å². The van der Waals surface area contributed by atoms with Gasteiger partial charge in [0.25, 0.3) is 0 Å². The maximum absolute atomic E-state index is 12.8. The molecule has 23 heavy (non-hydrogen) atoms. The fourth-order valence-electron chi connectivity index (χ4n) is 3.50. The van der Waals surface area contributed by atoms with Crippen LogP contribution in [0.5, 0.6) is 0 Å². The maximum atomic E-state index is 12.8. The summed E-state index contributed by atoms with van der Waals surface area (Å²) in [4.78, 5) is 28.4. The van der Waals surface area contributed by atoms with Crippen molar-refractivity contribution in [3.63, 3.8) is 0 Å². The second-order valence-electron chi connectivity index (χ2n) is 6.33. The van der Waals surface area contributed by atoms with Gasteiger partial charge in [0.05, 0.1) is 6.04 Å². The Morgan fingerprint density at radius 1 is 1.09 bits per heavy atom. The largest absolute Gasteiger partial charge is 0.375 e. The number of benzene rings is 1. The molecule has 1 atom stereocenters. The highest BCUT2D eigenvalue weighted by atomic mass is 16.5. The molecular weight excluding hydrogens is 292 g/mol. The van der Waals surface area contributed by atoms with Crippen LogP contribution in [0.25, 0.3) is 0 Å². The van der Waals surface area contributed by atoms with E-state index in [0.29, 0.717) is 13.1 Å². The van der Waals surface area contributed by atoms with E-state index in [0.717, 1.165) is 25.8 Å². The molecule has 0 N–H and O–H groups in total. The number of hydrogen-bond acceptors (Lipinski definition) is 3. The van der Waals surface area contributed by atoms with Crippen LogP contribution < -0.4 is 0 Å². The van der Waals surface area contributed by atoms with Gasteiger partial charge in [0.1, 0.15) is 6.61 Å². The molecule has 0 spiro atoms. The van der Waals surface area contributed by atoms with Crippen molar-refractivity contribution in [1.82, 2.24) is 9.80 Å². The highest BCUT2D eigenvalue weighted by molar-refractivity contribution is 5.81. The standard InChI is InChI=1S/C18H24N2O3/c1-23-13-17(21)19-10-7-15(8-11-19)18(22)20-12-9-16(20)14-5-3-2-4-6-14/h2-6,15-16H,7-13H2,1H3. The molecule has 0 bridgehead atoms. The van der Waals surface area contributed by atoms with Gasteiger partial charge in [-0.05, 0) is 24.8 Å². The molecule has 124 valence electrons. The van der Waals surface area contributed by atoms with Crippen molar-refractivity contribution in [3.8, 4) is 0 Å². The van der Waals surface area contributed by atoms with Crippen molar-refractivity contribution in [2.24, 2.45) is 5.92 Å². The van der Waals surface area contributed by atoms with E-state index in [1.54, 1.807) is 4.90 Å². The van der Waals surface area contributed by atoms with Crippen LogP contribution in [-0.2, 0) is 14.3 Å². The molecule has 3 rings (SSSR count). The van der Waals surface area contributed by atoms with Gasteiger partial charge in [0, 0.05) is 32.7 Å². The van der Waals surface area contributed by atoms with Crippen LogP contribution in [0.15, 0.2) is 30.3 Å². The Morgan fingerprint density at radius 3 is 2.35 bits per heavy atom. The summed E-state index contributed by atoms with van der Waals surface area (Å²) in [5, 5.41) is 0. The van der Waals surface area contributed by atoms with Crippen LogP contribution in [0.1, 0.15) is 30.9 Å². The highest BCUT2D eigenvalue weighted by Gasteiger charge is 2.38. The Morgan fingerprint density at radius 2 is 1.78 bits per heavy atom. The minimum atomic E-state index is 0.0181. The van der Waals surface area contributed by atoms with Crippen LogP contribution in [0, 0.1) is 5.92 Å². The number of piperidine rings is 1. The number of carbonyl (C=O) groups excluding carboxylic acids is 2. The maximum Gasteiger partial charge on any atom is 0.248 e. The summed E-state index contributed by atoms with van der Waals surface area (Å²) < 4.78 is 4.89. The average Bonchev–Trinajstić information content (AvgIpc) is 2.55. The lowest BCUT2D eigenvalue weighted by Crippen LogP contribution is -2.50. The summed E-state index contributed by atoms with van der Waals surface area (Å²) in [7, 11) is 1.53. The van der Waals surface area contributed by atoms with Crippen LogP contribution in [-0.4, -0.2) is 55.0 Å². The Hall–Kier alpha value is -1.88. The molecule has 0 saturated carbocycles. The topological polar surface area (TPSA) is 49.9 Å². The van der Waals surface area contributed by atoms with Gasteiger partial charge in [-0.3, -0.25) is 9.59 Å². The minimum absolute atomic E-state index is 0.0181. The third kappa shape index (κ3) is 3.39. The number of likely N-dealkylation sites (tertiary alicyclic amines) is 2. The first-order valence-electron chi connectivity index (χ1n) is 8.33. The SMILES string of the molecule is COCC(=O)N1CCC(C(=O)N2CCC2c2ccccc2)CC1. The van der Waals surface area contributed by atoms with Crippen molar-refractivity contribution in [3.05, 3.63) is 35.9 Å². The normalized spacial score (nSPS) is 21.9. The van der Waals surface area contributed by atoms with Crippen molar-refractivity contribution in [2.75, 3.05) is 33.4 Å². The Labute approximate surface area is 137 Å². The van der Waals surface area contributed by atoms with Gasteiger partial charge in [-0.15, -0.1) is 0 Å². The Bertz CT molecular complexity index is 553. The lowest BCUT2D eigenvalue weighted by molar-refractivity contribution is -0.148. The first-order valence-corrected chi connectivity index (χ1v) is 8.33. The van der Waals surface area contributed by atoms with E-state index in [-0.39, 0.29) is 30.4 Å². The zero-order valence-corrected chi connectivity index (χ0v) is 13.6. The fourth-order valence-corrected chi connectivity index (χ4v) is 3.50. The number of methoxy groups -OCH3 is 1. The molecule has 2 aliphatic heterocycles. The second kappa shape index (κ2) is 7.13. The summed E-state index contributed by atoms with van der Waals surface area (Å²) in [6.07, 6.45) is 2.56. The van der Waals surface area contributed by atoms with E-state index in [1.165, 1.54) is 12.7 Å². The monoisotopic (exact) mass is 316 g/mol. The van der Waals surface area contributed by atoms with Crippen LogP contribution in [0.2, 0.25) is 0 Å². The molecular formula is C18H24N2O3. The van der Waals surface area contributed by atoms with Gasteiger partial charge in [0.15, 0.2) is 0 Å². The minimum Gasteiger partial charge on any atom is -0.375 e. The van der Waals surface area contributed by atoms with Crippen molar-refractivity contribution in [2.45, 2.75) is 25.3 Å². The molecule has 2 aliphatic rings. The summed E-state index contributed by atoms with van der Waals surface area (Å²) in [6.45, 7) is 2.28.